The molecule has 2 nitrogen and oxygen atoms in total. The maximum absolute atomic E-state index is 12.9. The molecular weight excluding hydrogens is 313 g/mol. The lowest BCUT2D eigenvalue weighted by molar-refractivity contribution is 0.306. The van der Waals surface area contributed by atoms with Gasteiger partial charge in [-0.25, -0.2) is 4.39 Å². The van der Waals surface area contributed by atoms with Gasteiger partial charge < -0.3 is 4.74 Å². The number of hydrogen-bond acceptors (Lipinski definition) is 2. The molecule has 0 radical (unpaired) electrons. The molecule has 0 heterocycles. The standard InChI is InChI=1S/C22H20FNO/c1-16-6-7-17(2)22(12-16)24-14-19-4-3-5-21(13-19)25-15-18-8-10-20(23)11-9-18/h3-14H,15H2,1-2H3. The van der Waals surface area contributed by atoms with Crippen LogP contribution in [-0.2, 0) is 6.61 Å². The molecule has 0 aliphatic heterocycles. The van der Waals surface area contributed by atoms with Crippen LogP contribution in [0.1, 0.15) is 22.3 Å². The molecule has 0 saturated heterocycles. The summed E-state index contributed by atoms with van der Waals surface area (Å²) < 4.78 is 18.7. The second-order valence-electron chi connectivity index (χ2n) is 6.04. The number of rotatable bonds is 5. The topological polar surface area (TPSA) is 21.6 Å². The number of nitrogens with zero attached hydrogens (tertiary/aromatic N) is 1. The Bertz CT molecular complexity index is 885. The zero-order valence-corrected chi connectivity index (χ0v) is 14.4. The Morgan fingerprint density at radius 2 is 1.76 bits per heavy atom. The van der Waals surface area contributed by atoms with E-state index in [1.165, 1.54) is 17.7 Å². The van der Waals surface area contributed by atoms with E-state index in [4.69, 9.17) is 4.74 Å². The normalized spacial score (nSPS) is 11.0. The van der Waals surface area contributed by atoms with Gasteiger partial charge in [-0.3, -0.25) is 4.99 Å². The molecular formula is C22H20FNO. The summed E-state index contributed by atoms with van der Waals surface area (Å²) in [7, 11) is 0. The van der Waals surface area contributed by atoms with E-state index in [1.807, 2.05) is 37.4 Å². The molecule has 0 N–H and O–H groups in total. The summed E-state index contributed by atoms with van der Waals surface area (Å²) in [6, 6.07) is 20.3. The summed E-state index contributed by atoms with van der Waals surface area (Å²) in [6.07, 6.45) is 1.84. The van der Waals surface area contributed by atoms with Crippen molar-refractivity contribution in [3.05, 3.63) is 94.8 Å². The minimum Gasteiger partial charge on any atom is -0.489 e. The van der Waals surface area contributed by atoms with Crippen molar-refractivity contribution in [1.82, 2.24) is 0 Å². The van der Waals surface area contributed by atoms with E-state index in [-0.39, 0.29) is 5.82 Å². The first kappa shape index (κ1) is 16.9. The highest BCUT2D eigenvalue weighted by molar-refractivity contribution is 5.82. The Morgan fingerprint density at radius 3 is 2.56 bits per heavy atom. The number of benzene rings is 3. The zero-order valence-electron chi connectivity index (χ0n) is 14.4. The summed E-state index contributed by atoms with van der Waals surface area (Å²) in [6.45, 7) is 4.51. The van der Waals surface area contributed by atoms with E-state index in [1.54, 1.807) is 12.1 Å². The monoisotopic (exact) mass is 333 g/mol. The van der Waals surface area contributed by atoms with E-state index in [0.717, 1.165) is 28.1 Å². The van der Waals surface area contributed by atoms with Crippen LogP contribution in [0.2, 0.25) is 0 Å². The highest BCUT2D eigenvalue weighted by Gasteiger charge is 1.99. The number of aryl methyl sites for hydroxylation is 2. The van der Waals surface area contributed by atoms with Gasteiger partial charge in [0.25, 0.3) is 0 Å². The Labute approximate surface area is 147 Å². The number of aliphatic imine (C=N–C) groups is 1. The second kappa shape index (κ2) is 7.75. The maximum Gasteiger partial charge on any atom is 0.123 e. The molecule has 0 aromatic heterocycles. The lowest BCUT2D eigenvalue weighted by Crippen LogP contribution is -1.96. The van der Waals surface area contributed by atoms with Crippen LogP contribution in [0.5, 0.6) is 5.75 Å². The lowest BCUT2D eigenvalue weighted by Gasteiger charge is -2.07. The first-order valence-corrected chi connectivity index (χ1v) is 8.19. The number of halogens is 1. The predicted molar refractivity (Wildman–Crippen MR) is 100 cm³/mol. The number of ether oxygens (including phenoxy) is 1. The van der Waals surface area contributed by atoms with Crippen LogP contribution in [0.15, 0.2) is 71.7 Å². The van der Waals surface area contributed by atoms with Gasteiger partial charge in [0, 0.05) is 6.21 Å². The van der Waals surface area contributed by atoms with Crippen molar-refractivity contribution in [1.29, 1.82) is 0 Å². The lowest BCUT2D eigenvalue weighted by atomic mass is 10.1. The summed E-state index contributed by atoms with van der Waals surface area (Å²) in [5.41, 5.74) is 5.20. The van der Waals surface area contributed by atoms with Gasteiger partial charge in [0.15, 0.2) is 0 Å². The first-order chi connectivity index (χ1) is 12.1. The fourth-order valence-corrected chi connectivity index (χ4v) is 2.43. The Morgan fingerprint density at radius 1 is 0.960 bits per heavy atom. The van der Waals surface area contributed by atoms with Crippen molar-refractivity contribution in [2.75, 3.05) is 0 Å². The summed E-state index contributed by atoms with van der Waals surface area (Å²) >= 11 is 0. The van der Waals surface area contributed by atoms with Gasteiger partial charge in [-0.05, 0) is 66.4 Å². The van der Waals surface area contributed by atoms with Crippen molar-refractivity contribution in [3.63, 3.8) is 0 Å². The van der Waals surface area contributed by atoms with Crippen LogP contribution in [0.4, 0.5) is 10.1 Å². The minimum absolute atomic E-state index is 0.242. The second-order valence-corrected chi connectivity index (χ2v) is 6.04. The number of hydrogen-bond donors (Lipinski definition) is 0. The van der Waals surface area contributed by atoms with E-state index >= 15 is 0 Å². The van der Waals surface area contributed by atoms with Gasteiger partial charge in [-0.15, -0.1) is 0 Å². The molecule has 3 rings (SSSR count). The van der Waals surface area contributed by atoms with Crippen molar-refractivity contribution < 1.29 is 9.13 Å². The smallest absolute Gasteiger partial charge is 0.123 e. The minimum atomic E-state index is -0.242. The Balaban J connectivity index is 1.69. The van der Waals surface area contributed by atoms with Gasteiger partial charge in [0.1, 0.15) is 18.2 Å². The van der Waals surface area contributed by atoms with Crippen molar-refractivity contribution >= 4 is 11.9 Å². The maximum atomic E-state index is 12.9. The van der Waals surface area contributed by atoms with E-state index < -0.39 is 0 Å². The quantitative estimate of drug-likeness (QED) is 0.543. The molecule has 25 heavy (non-hydrogen) atoms. The van der Waals surface area contributed by atoms with E-state index in [2.05, 4.69) is 30.1 Å². The molecule has 0 amide bonds. The third kappa shape index (κ3) is 4.77. The predicted octanol–water partition coefficient (Wildman–Crippen LogP) is 5.77. The molecule has 0 fully saturated rings. The van der Waals surface area contributed by atoms with Gasteiger partial charge in [-0.1, -0.05) is 36.4 Å². The SMILES string of the molecule is Cc1ccc(C)c(N=Cc2cccc(OCc3ccc(F)cc3)c2)c1. The van der Waals surface area contributed by atoms with Gasteiger partial charge in [0.2, 0.25) is 0 Å². The van der Waals surface area contributed by atoms with Crippen LogP contribution in [0, 0.1) is 19.7 Å². The van der Waals surface area contributed by atoms with Crippen molar-refractivity contribution in [2.24, 2.45) is 4.99 Å². The van der Waals surface area contributed by atoms with Gasteiger partial charge >= 0.3 is 0 Å². The van der Waals surface area contributed by atoms with Gasteiger partial charge in [0.05, 0.1) is 5.69 Å². The van der Waals surface area contributed by atoms with Crippen LogP contribution in [0.3, 0.4) is 0 Å². The van der Waals surface area contributed by atoms with Crippen LogP contribution in [-0.4, -0.2) is 6.21 Å². The molecule has 0 bridgehead atoms. The molecule has 0 atom stereocenters. The fraction of sp³-hybridized carbons (Fsp3) is 0.136. The average molecular weight is 333 g/mol. The molecule has 0 saturated carbocycles. The third-order valence-electron chi connectivity index (χ3n) is 3.89. The molecule has 3 heteroatoms. The first-order valence-electron chi connectivity index (χ1n) is 8.19. The summed E-state index contributed by atoms with van der Waals surface area (Å²) in [5.74, 6) is 0.516. The summed E-state index contributed by atoms with van der Waals surface area (Å²) in [5, 5.41) is 0. The van der Waals surface area contributed by atoms with Crippen LogP contribution in [0.25, 0.3) is 0 Å². The Hall–Kier alpha value is -2.94. The zero-order chi connectivity index (χ0) is 17.6. The highest BCUT2D eigenvalue weighted by atomic mass is 19.1. The van der Waals surface area contributed by atoms with Crippen molar-refractivity contribution in [2.45, 2.75) is 20.5 Å². The molecule has 0 unspecified atom stereocenters. The van der Waals surface area contributed by atoms with E-state index in [0.29, 0.717) is 6.61 Å². The van der Waals surface area contributed by atoms with E-state index in [9.17, 15) is 4.39 Å². The molecule has 0 aliphatic carbocycles. The Kier molecular flexibility index (Phi) is 5.24. The van der Waals surface area contributed by atoms with Gasteiger partial charge in [-0.2, -0.15) is 0 Å². The average Bonchev–Trinajstić information content (AvgIpc) is 2.62. The molecule has 0 spiro atoms. The largest absolute Gasteiger partial charge is 0.489 e. The van der Waals surface area contributed by atoms with Crippen LogP contribution < -0.4 is 4.74 Å². The highest BCUT2D eigenvalue weighted by Crippen LogP contribution is 2.20. The molecule has 3 aromatic carbocycles. The third-order valence-corrected chi connectivity index (χ3v) is 3.89. The van der Waals surface area contributed by atoms with Crippen molar-refractivity contribution in [3.8, 4) is 5.75 Å². The molecule has 126 valence electrons. The molecule has 0 aliphatic rings. The molecule has 3 aromatic rings. The summed E-state index contributed by atoms with van der Waals surface area (Å²) in [4.78, 5) is 4.58. The van der Waals surface area contributed by atoms with Crippen LogP contribution >= 0.6 is 0 Å². The fourth-order valence-electron chi connectivity index (χ4n) is 2.43.